The summed E-state index contributed by atoms with van der Waals surface area (Å²) in [6.45, 7) is 0. The van der Waals surface area contributed by atoms with Gasteiger partial charge in [0.25, 0.3) is 0 Å². The van der Waals surface area contributed by atoms with Gasteiger partial charge in [-0.25, -0.2) is 4.68 Å². The number of H-pyrrole nitrogens is 1. The molecule has 0 saturated heterocycles. The maximum atomic E-state index is 6.00. The molecule has 5 nitrogen and oxygen atoms in total. The molecule has 0 aliphatic rings. The quantitative estimate of drug-likeness (QED) is 0.743. The third kappa shape index (κ3) is 1.84. The molecule has 18 heavy (non-hydrogen) atoms. The summed E-state index contributed by atoms with van der Waals surface area (Å²) >= 11 is 6.00. The predicted molar refractivity (Wildman–Crippen MR) is 70.6 cm³/mol. The van der Waals surface area contributed by atoms with Gasteiger partial charge in [-0.1, -0.05) is 23.7 Å². The summed E-state index contributed by atoms with van der Waals surface area (Å²) in [7, 11) is 0. The van der Waals surface area contributed by atoms with E-state index in [9.17, 15) is 0 Å². The van der Waals surface area contributed by atoms with Crippen molar-refractivity contribution in [1.82, 2.24) is 20.0 Å². The summed E-state index contributed by atoms with van der Waals surface area (Å²) in [6, 6.07) is 11.3. The number of benzene rings is 1. The van der Waals surface area contributed by atoms with Gasteiger partial charge in [0.1, 0.15) is 11.0 Å². The Bertz CT molecular complexity index is 668. The topological polar surface area (TPSA) is 72.5 Å². The Morgan fingerprint density at radius 1 is 1.17 bits per heavy atom. The Morgan fingerprint density at radius 3 is 2.50 bits per heavy atom. The van der Waals surface area contributed by atoms with E-state index in [0.29, 0.717) is 11.0 Å². The van der Waals surface area contributed by atoms with Crippen molar-refractivity contribution in [3.8, 4) is 16.9 Å². The summed E-state index contributed by atoms with van der Waals surface area (Å²) in [5.74, 6) is 0.476. The number of rotatable bonds is 2. The van der Waals surface area contributed by atoms with Gasteiger partial charge >= 0.3 is 0 Å². The molecule has 1 aromatic carbocycles. The van der Waals surface area contributed by atoms with Crippen LogP contribution in [0.3, 0.4) is 0 Å². The molecule has 2 heterocycles. The molecule has 90 valence electrons. The third-order valence-corrected chi connectivity index (χ3v) is 2.90. The largest absolute Gasteiger partial charge is 0.382 e. The molecule has 3 rings (SSSR count). The van der Waals surface area contributed by atoms with Crippen LogP contribution in [0.4, 0.5) is 5.82 Å². The highest BCUT2D eigenvalue weighted by Crippen LogP contribution is 2.21. The highest BCUT2D eigenvalue weighted by molar-refractivity contribution is 6.29. The highest BCUT2D eigenvalue weighted by atomic mass is 35.5. The van der Waals surface area contributed by atoms with Crippen molar-refractivity contribution >= 4 is 17.4 Å². The zero-order valence-corrected chi connectivity index (χ0v) is 10.1. The SMILES string of the molecule is Nc1cc(-c2ccc(-n3nccc3Cl)cc2)[nH]n1. The predicted octanol–water partition coefficient (Wildman–Crippen LogP) is 2.50. The fraction of sp³-hybridized carbons (Fsp3) is 0. The first-order valence-electron chi connectivity index (χ1n) is 5.35. The number of halogens is 1. The molecule has 0 aliphatic heterocycles. The average molecular weight is 260 g/mol. The van der Waals surface area contributed by atoms with E-state index in [1.807, 2.05) is 24.3 Å². The van der Waals surface area contributed by atoms with Gasteiger partial charge < -0.3 is 5.73 Å². The second-order valence-corrected chi connectivity index (χ2v) is 4.21. The third-order valence-electron chi connectivity index (χ3n) is 2.62. The smallest absolute Gasteiger partial charge is 0.145 e. The Morgan fingerprint density at radius 2 is 1.94 bits per heavy atom. The van der Waals surface area contributed by atoms with Crippen LogP contribution in [-0.4, -0.2) is 20.0 Å². The number of hydrogen-bond donors (Lipinski definition) is 2. The first kappa shape index (κ1) is 10.9. The van der Waals surface area contributed by atoms with Gasteiger partial charge in [-0.05, 0) is 23.8 Å². The van der Waals surface area contributed by atoms with Crippen LogP contribution < -0.4 is 5.73 Å². The van der Waals surface area contributed by atoms with Crippen LogP contribution in [0.25, 0.3) is 16.9 Å². The van der Waals surface area contributed by atoms with E-state index in [1.165, 1.54) is 0 Å². The molecule has 0 spiro atoms. The number of aromatic amines is 1. The molecule has 0 bridgehead atoms. The van der Waals surface area contributed by atoms with Gasteiger partial charge in [0.05, 0.1) is 17.6 Å². The second kappa shape index (κ2) is 4.19. The van der Waals surface area contributed by atoms with E-state index in [4.69, 9.17) is 17.3 Å². The van der Waals surface area contributed by atoms with E-state index < -0.39 is 0 Å². The first-order chi connectivity index (χ1) is 8.74. The number of nitrogens with one attached hydrogen (secondary N) is 1. The molecule has 0 saturated carbocycles. The summed E-state index contributed by atoms with van der Waals surface area (Å²) in [6.07, 6.45) is 1.66. The summed E-state index contributed by atoms with van der Waals surface area (Å²) in [5.41, 5.74) is 8.36. The van der Waals surface area contributed by atoms with Crippen LogP contribution in [0, 0.1) is 0 Å². The maximum absolute atomic E-state index is 6.00. The van der Waals surface area contributed by atoms with Crippen molar-refractivity contribution < 1.29 is 0 Å². The number of nitrogen functional groups attached to an aromatic ring is 1. The molecule has 0 fully saturated rings. The highest BCUT2D eigenvalue weighted by Gasteiger charge is 2.04. The fourth-order valence-electron chi connectivity index (χ4n) is 1.74. The molecule has 0 unspecified atom stereocenters. The number of anilines is 1. The van der Waals surface area contributed by atoms with Gasteiger partial charge in [-0.2, -0.15) is 10.2 Å². The monoisotopic (exact) mass is 259 g/mol. The van der Waals surface area contributed by atoms with Gasteiger partial charge in [0.2, 0.25) is 0 Å². The fourth-order valence-corrected chi connectivity index (χ4v) is 1.94. The van der Waals surface area contributed by atoms with E-state index in [0.717, 1.165) is 16.9 Å². The van der Waals surface area contributed by atoms with Crippen LogP contribution in [0.1, 0.15) is 0 Å². The Balaban J connectivity index is 1.97. The minimum absolute atomic E-state index is 0.476. The van der Waals surface area contributed by atoms with Gasteiger partial charge in [0.15, 0.2) is 0 Å². The van der Waals surface area contributed by atoms with E-state index in [2.05, 4.69) is 15.3 Å². The van der Waals surface area contributed by atoms with Crippen molar-refractivity contribution in [3.05, 3.63) is 47.7 Å². The number of aromatic nitrogens is 4. The van der Waals surface area contributed by atoms with Crippen LogP contribution >= 0.6 is 11.6 Å². The lowest BCUT2D eigenvalue weighted by Crippen LogP contribution is -1.95. The average Bonchev–Trinajstić information content (AvgIpc) is 2.98. The molecule has 0 aliphatic carbocycles. The molecular weight excluding hydrogens is 250 g/mol. The lowest BCUT2D eigenvalue weighted by Gasteiger charge is -2.04. The van der Waals surface area contributed by atoms with Gasteiger partial charge in [0, 0.05) is 6.07 Å². The summed E-state index contributed by atoms with van der Waals surface area (Å²) in [5, 5.41) is 11.5. The van der Waals surface area contributed by atoms with E-state index in [-0.39, 0.29) is 0 Å². The van der Waals surface area contributed by atoms with Crippen molar-refractivity contribution in [2.45, 2.75) is 0 Å². The molecule has 0 radical (unpaired) electrons. The summed E-state index contributed by atoms with van der Waals surface area (Å²) < 4.78 is 1.66. The van der Waals surface area contributed by atoms with Crippen molar-refractivity contribution in [2.24, 2.45) is 0 Å². The lowest BCUT2D eigenvalue weighted by molar-refractivity contribution is 0.881. The zero-order chi connectivity index (χ0) is 12.5. The first-order valence-corrected chi connectivity index (χ1v) is 5.73. The Hall–Kier alpha value is -2.27. The standard InChI is InChI=1S/C12H10ClN5/c13-11-5-6-15-18(11)9-3-1-8(2-4-9)10-7-12(14)17-16-10/h1-7H,(H3,14,16,17). The normalized spacial score (nSPS) is 10.7. The number of nitrogens with two attached hydrogens (primary N) is 1. The van der Waals surface area contributed by atoms with Crippen molar-refractivity contribution in [1.29, 1.82) is 0 Å². The maximum Gasteiger partial charge on any atom is 0.145 e. The van der Waals surface area contributed by atoms with Crippen molar-refractivity contribution in [3.63, 3.8) is 0 Å². The molecule has 2 aromatic heterocycles. The van der Waals surface area contributed by atoms with Gasteiger partial charge in [-0.15, -0.1) is 0 Å². The number of hydrogen-bond acceptors (Lipinski definition) is 3. The molecule has 3 N–H and O–H groups in total. The molecule has 3 aromatic rings. The van der Waals surface area contributed by atoms with Crippen LogP contribution in [0.5, 0.6) is 0 Å². The lowest BCUT2D eigenvalue weighted by atomic mass is 10.1. The molecule has 6 heteroatoms. The summed E-state index contributed by atoms with van der Waals surface area (Å²) in [4.78, 5) is 0. The second-order valence-electron chi connectivity index (χ2n) is 3.82. The Labute approximate surface area is 108 Å². The molecule has 0 atom stereocenters. The minimum Gasteiger partial charge on any atom is -0.382 e. The molecular formula is C12H10ClN5. The van der Waals surface area contributed by atoms with E-state index in [1.54, 1.807) is 23.0 Å². The van der Waals surface area contributed by atoms with Crippen LogP contribution in [0.2, 0.25) is 5.15 Å². The van der Waals surface area contributed by atoms with Crippen molar-refractivity contribution in [2.75, 3.05) is 5.73 Å². The zero-order valence-electron chi connectivity index (χ0n) is 9.34. The van der Waals surface area contributed by atoms with Crippen LogP contribution in [0.15, 0.2) is 42.6 Å². The Kier molecular flexibility index (Phi) is 2.53. The van der Waals surface area contributed by atoms with Gasteiger partial charge in [-0.3, -0.25) is 5.10 Å². The number of nitrogens with zero attached hydrogens (tertiary/aromatic N) is 3. The minimum atomic E-state index is 0.476. The van der Waals surface area contributed by atoms with Crippen LogP contribution in [-0.2, 0) is 0 Å². The molecule has 0 amide bonds. The van der Waals surface area contributed by atoms with E-state index >= 15 is 0 Å².